The molecule has 1 saturated heterocycles. The summed E-state index contributed by atoms with van der Waals surface area (Å²) >= 11 is 0.895. The summed E-state index contributed by atoms with van der Waals surface area (Å²) in [4.78, 5) is 60.8. The van der Waals surface area contributed by atoms with E-state index < -0.39 is 41.4 Å². The molecule has 1 fully saturated rings. The second-order valence-corrected chi connectivity index (χ2v) is 7.93. The number of nitrogens with zero attached hydrogens (tertiary/aromatic N) is 1. The highest BCUT2D eigenvalue weighted by Crippen LogP contribution is 2.29. The number of hydrogen-bond acceptors (Lipinski definition) is 8. The predicted molar refractivity (Wildman–Crippen MR) is 115 cm³/mol. The molecule has 1 aliphatic rings. The minimum Gasteiger partial charge on any atom is -0.497 e. The number of imide groups is 1. The van der Waals surface area contributed by atoms with Gasteiger partial charge >= 0.3 is 11.9 Å². The van der Waals surface area contributed by atoms with E-state index in [0.29, 0.717) is 11.3 Å². The van der Waals surface area contributed by atoms with Gasteiger partial charge in [0.15, 0.2) is 12.4 Å². The van der Waals surface area contributed by atoms with Crippen molar-refractivity contribution in [2.24, 2.45) is 0 Å². The molecule has 0 spiro atoms. The number of carbonyl (C=O) groups excluding carboxylic acids is 4. The van der Waals surface area contributed by atoms with Gasteiger partial charge in [0.25, 0.3) is 0 Å². The lowest BCUT2D eigenvalue weighted by Crippen LogP contribution is -2.31. The van der Waals surface area contributed by atoms with Crippen LogP contribution in [-0.2, 0) is 19.1 Å². The SMILES string of the molecule is COc1cccc(C(=O)COC(=O)c2ccc(N3C(=O)CC(SCC(=O)O)C3=O)cc2)c1. The molecule has 1 atom stereocenters. The lowest BCUT2D eigenvalue weighted by molar-refractivity contribution is -0.134. The minimum atomic E-state index is -1.07. The number of benzene rings is 2. The van der Waals surface area contributed by atoms with Crippen LogP contribution in [0.4, 0.5) is 5.69 Å². The third-order valence-corrected chi connectivity index (χ3v) is 5.78. The summed E-state index contributed by atoms with van der Waals surface area (Å²) in [6, 6.07) is 12.1. The van der Waals surface area contributed by atoms with Gasteiger partial charge < -0.3 is 14.6 Å². The molecule has 166 valence electrons. The summed E-state index contributed by atoms with van der Waals surface area (Å²) in [5.74, 6) is -2.92. The minimum absolute atomic E-state index is 0.0903. The summed E-state index contributed by atoms with van der Waals surface area (Å²) in [6.45, 7) is -0.459. The van der Waals surface area contributed by atoms with Crippen molar-refractivity contribution < 1.29 is 38.6 Å². The molecule has 32 heavy (non-hydrogen) atoms. The Balaban J connectivity index is 1.60. The molecule has 3 rings (SSSR count). The van der Waals surface area contributed by atoms with Gasteiger partial charge in [-0.25, -0.2) is 9.69 Å². The smallest absolute Gasteiger partial charge is 0.338 e. The Morgan fingerprint density at radius 3 is 2.47 bits per heavy atom. The zero-order valence-corrected chi connectivity index (χ0v) is 17.8. The van der Waals surface area contributed by atoms with Crippen molar-refractivity contribution >= 4 is 47.0 Å². The molecule has 0 bridgehead atoms. The van der Waals surface area contributed by atoms with E-state index in [-0.39, 0.29) is 23.4 Å². The first-order valence-electron chi connectivity index (χ1n) is 9.44. The molecule has 10 heteroatoms. The van der Waals surface area contributed by atoms with Crippen molar-refractivity contribution in [3.8, 4) is 5.75 Å². The second-order valence-electron chi connectivity index (χ2n) is 6.74. The van der Waals surface area contributed by atoms with Gasteiger partial charge in [-0.05, 0) is 36.4 Å². The fraction of sp³-hybridized carbons (Fsp3) is 0.227. The molecule has 0 aromatic heterocycles. The Kier molecular flexibility index (Phi) is 7.26. The van der Waals surface area contributed by atoms with Crippen LogP contribution >= 0.6 is 11.8 Å². The number of aliphatic carboxylic acids is 1. The molecule has 2 amide bonds. The topological polar surface area (TPSA) is 127 Å². The molecule has 1 heterocycles. The largest absolute Gasteiger partial charge is 0.497 e. The number of methoxy groups -OCH3 is 1. The van der Waals surface area contributed by atoms with Gasteiger partial charge in [-0.2, -0.15) is 0 Å². The van der Waals surface area contributed by atoms with Crippen LogP contribution in [0.3, 0.4) is 0 Å². The lowest BCUT2D eigenvalue weighted by atomic mass is 10.1. The number of carboxylic acid groups (broad SMARTS) is 1. The Bertz CT molecular complexity index is 1070. The van der Waals surface area contributed by atoms with Crippen molar-refractivity contribution in [3.63, 3.8) is 0 Å². The van der Waals surface area contributed by atoms with Gasteiger partial charge in [0.05, 0.1) is 29.4 Å². The summed E-state index contributed by atoms with van der Waals surface area (Å²) in [6.07, 6.45) is -0.0903. The maximum absolute atomic E-state index is 12.5. The van der Waals surface area contributed by atoms with Crippen molar-refractivity contribution in [1.29, 1.82) is 0 Å². The Labute approximate surface area is 187 Å². The molecular formula is C22H19NO8S. The molecule has 0 radical (unpaired) electrons. The van der Waals surface area contributed by atoms with E-state index in [1.165, 1.54) is 37.4 Å². The van der Waals surface area contributed by atoms with Crippen LogP contribution in [0.5, 0.6) is 5.75 Å². The van der Waals surface area contributed by atoms with E-state index in [1.54, 1.807) is 18.2 Å². The molecule has 9 nitrogen and oxygen atoms in total. The van der Waals surface area contributed by atoms with Crippen LogP contribution in [0.15, 0.2) is 48.5 Å². The number of rotatable bonds is 9. The summed E-state index contributed by atoms with van der Waals surface area (Å²) < 4.78 is 10.1. The zero-order chi connectivity index (χ0) is 23.3. The van der Waals surface area contributed by atoms with Gasteiger partial charge in [0, 0.05) is 12.0 Å². The first kappa shape index (κ1) is 23.0. The Morgan fingerprint density at radius 1 is 1.09 bits per heavy atom. The third kappa shape index (κ3) is 5.33. The van der Waals surface area contributed by atoms with Gasteiger partial charge in [0.1, 0.15) is 5.75 Å². The Morgan fingerprint density at radius 2 is 1.81 bits per heavy atom. The van der Waals surface area contributed by atoms with Crippen LogP contribution < -0.4 is 9.64 Å². The Hall–Kier alpha value is -3.66. The average molecular weight is 457 g/mol. The zero-order valence-electron chi connectivity index (χ0n) is 17.0. The molecule has 1 unspecified atom stereocenters. The fourth-order valence-electron chi connectivity index (χ4n) is 3.02. The molecule has 1 N–H and O–H groups in total. The first-order valence-corrected chi connectivity index (χ1v) is 10.5. The van der Waals surface area contributed by atoms with Crippen molar-refractivity contribution in [3.05, 3.63) is 59.7 Å². The molecular weight excluding hydrogens is 438 g/mol. The number of Topliss-reactive ketones (excluding diaryl/α,β-unsaturated/α-hetero) is 1. The van der Waals surface area contributed by atoms with E-state index in [9.17, 15) is 24.0 Å². The van der Waals surface area contributed by atoms with Crippen molar-refractivity contribution in [2.75, 3.05) is 24.4 Å². The first-order chi connectivity index (χ1) is 15.3. The predicted octanol–water partition coefficient (Wildman–Crippen LogP) is 2.18. The number of esters is 1. The van der Waals surface area contributed by atoms with E-state index >= 15 is 0 Å². The van der Waals surface area contributed by atoms with Gasteiger partial charge in [0.2, 0.25) is 11.8 Å². The summed E-state index contributed by atoms with van der Waals surface area (Å²) in [5, 5.41) is 8.00. The normalized spacial score (nSPS) is 15.5. The number of ketones is 1. The van der Waals surface area contributed by atoms with Gasteiger partial charge in [-0.3, -0.25) is 19.2 Å². The number of amides is 2. The summed E-state index contributed by atoms with van der Waals surface area (Å²) in [7, 11) is 1.48. The summed E-state index contributed by atoms with van der Waals surface area (Å²) in [5.41, 5.74) is 0.749. The van der Waals surface area contributed by atoms with E-state index in [0.717, 1.165) is 16.7 Å². The van der Waals surface area contributed by atoms with Crippen LogP contribution in [0.1, 0.15) is 27.1 Å². The maximum atomic E-state index is 12.5. The molecule has 2 aromatic rings. The number of ether oxygens (including phenoxy) is 2. The average Bonchev–Trinajstić information content (AvgIpc) is 3.08. The monoisotopic (exact) mass is 457 g/mol. The molecule has 2 aromatic carbocycles. The lowest BCUT2D eigenvalue weighted by Gasteiger charge is -2.15. The molecule has 0 aliphatic carbocycles. The van der Waals surface area contributed by atoms with E-state index in [4.69, 9.17) is 14.6 Å². The highest BCUT2D eigenvalue weighted by Gasteiger charge is 2.40. The number of carbonyl (C=O) groups is 5. The van der Waals surface area contributed by atoms with Crippen LogP contribution in [0.25, 0.3) is 0 Å². The third-order valence-electron chi connectivity index (χ3n) is 4.60. The van der Waals surface area contributed by atoms with Gasteiger partial charge in [-0.1, -0.05) is 12.1 Å². The quantitative estimate of drug-likeness (QED) is 0.342. The van der Waals surface area contributed by atoms with Crippen molar-refractivity contribution in [2.45, 2.75) is 11.7 Å². The number of thioether (sulfide) groups is 1. The molecule has 0 saturated carbocycles. The van der Waals surface area contributed by atoms with Crippen molar-refractivity contribution in [1.82, 2.24) is 0 Å². The maximum Gasteiger partial charge on any atom is 0.338 e. The number of anilines is 1. The van der Waals surface area contributed by atoms with E-state index in [1.807, 2.05) is 0 Å². The highest BCUT2D eigenvalue weighted by molar-refractivity contribution is 8.01. The number of carboxylic acids is 1. The van der Waals surface area contributed by atoms with E-state index in [2.05, 4.69) is 0 Å². The highest BCUT2D eigenvalue weighted by atomic mass is 32.2. The second kappa shape index (κ2) is 10.1. The number of hydrogen-bond donors (Lipinski definition) is 1. The molecule has 1 aliphatic heterocycles. The fourth-order valence-corrected chi connectivity index (χ4v) is 3.87. The van der Waals surface area contributed by atoms with Crippen LogP contribution in [0, 0.1) is 0 Å². The standard InChI is InChI=1S/C22H19NO8S/c1-30-16-4-2-3-14(9-16)17(24)11-31-22(29)13-5-7-15(8-6-13)23-19(25)10-18(21(23)28)32-12-20(26)27/h2-9,18H,10-12H2,1H3,(H,26,27). The van der Waals surface area contributed by atoms with Crippen LogP contribution in [-0.4, -0.2) is 59.4 Å². The van der Waals surface area contributed by atoms with Gasteiger partial charge in [-0.15, -0.1) is 11.8 Å². The van der Waals surface area contributed by atoms with Crippen LogP contribution in [0.2, 0.25) is 0 Å².